The third-order valence-corrected chi connectivity index (χ3v) is 14.9. The number of hydrogen-bond acceptors (Lipinski definition) is 12. The van der Waals surface area contributed by atoms with Crippen molar-refractivity contribution in [2.45, 2.75) is 144 Å². The van der Waals surface area contributed by atoms with E-state index < -0.39 is 0 Å². The Morgan fingerprint density at radius 3 is 0.852 bits per heavy atom. The number of rotatable bonds is 12. The first-order valence-corrected chi connectivity index (χ1v) is 38.2. The van der Waals surface area contributed by atoms with Gasteiger partial charge in [-0.3, -0.25) is 19.4 Å². The molecule has 0 aliphatic carbocycles. The first-order valence-electron chi connectivity index (χ1n) is 38.2. The largest absolute Gasteiger partial charge is 0.457 e. The summed E-state index contributed by atoms with van der Waals surface area (Å²) < 4.78 is 17.9. The summed E-state index contributed by atoms with van der Waals surface area (Å²) in [4.78, 5) is 59.3. The van der Waals surface area contributed by atoms with E-state index in [1.54, 1.807) is 57.7 Å². The number of hydrogen-bond donors (Lipinski definition) is 3. The Balaban J connectivity index is 0.000000309. The van der Waals surface area contributed by atoms with Crippen molar-refractivity contribution in [2.75, 3.05) is 30.7 Å². The number of nitrogens with one attached hydrogen (secondary N) is 3. The van der Waals surface area contributed by atoms with E-state index in [1.165, 1.54) is 0 Å². The standard InChI is InChI=1S/3C25H19N3O2.9C2H6/c2*29-25-21-16-20(30-19-10-5-2-6-11-19)13-14-22(21)27-24-23(12-7-15-26-24)28(25)17-18-8-3-1-4-9-18;29-25-21-15-20(30-19-9-5-2-6-10-19)11-12-22(21)27-23-16-26-14-13-24(23)28(25)17-18-7-3-1-4-8-18;9*1-2/h2*1-16H,17H2,(H,26,27);1-16,27H,17H2;9*1-2H3. The van der Waals surface area contributed by atoms with Crippen LogP contribution < -0.4 is 44.9 Å². The molecule has 3 N–H and O–H groups in total. The zero-order valence-electron chi connectivity index (χ0n) is 66.5. The first-order chi connectivity index (χ1) is 53.3. The highest BCUT2D eigenvalue weighted by atomic mass is 16.5. The van der Waals surface area contributed by atoms with E-state index in [4.69, 9.17) is 14.2 Å². The smallest absolute Gasteiger partial charge is 0.260 e. The van der Waals surface area contributed by atoms with Gasteiger partial charge in [0.05, 0.1) is 82.3 Å². The molecule has 0 spiro atoms. The Hall–Kier alpha value is -12.4. The Morgan fingerprint density at radius 2 is 0.546 bits per heavy atom. The summed E-state index contributed by atoms with van der Waals surface area (Å²) >= 11 is 0. The number of pyridine rings is 3. The molecule has 3 amide bonds. The minimum Gasteiger partial charge on any atom is -0.457 e. The predicted octanol–water partition coefficient (Wildman–Crippen LogP) is 26.6. The van der Waals surface area contributed by atoms with E-state index in [0.29, 0.717) is 76.6 Å². The van der Waals surface area contributed by atoms with Crippen molar-refractivity contribution in [1.82, 2.24) is 15.0 Å². The summed E-state index contributed by atoms with van der Waals surface area (Å²) in [5.41, 5.74) is 9.97. The molecule has 15 nitrogen and oxygen atoms in total. The van der Waals surface area contributed by atoms with Gasteiger partial charge in [-0.15, -0.1) is 0 Å². The fraction of sp³-hybridized carbons (Fsp3) is 0.226. The fourth-order valence-corrected chi connectivity index (χ4v) is 10.6. The van der Waals surface area contributed by atoms with Crippen molar-refractivity contribution < 1.29 is 28.6 Å². The minimum atomic E-state index is -0.105. The van der Waals surface area contributed by atoms with Crippen LogP contribution in [0.3, 0.4) is 0 Å². The maximum Gasteiger partial charge on any atom is 0.260 e. The average molecular weight is 1450 g/mol. The zero-order chi connectivity index (χ0) is 79.0. The second kappa shape index (κ2) is 50.1. The highest BCUT2D eigenvalue weighted by molar-refractivity contribution is 6.15. The van der Waals surface area contributed by atoms with Gasteiger partial charge in [-0.2, -0.15) is 0 Å². The van der Waals surface area contributed by atoms with Gasteiger partial charge in [-0.1, -0.05) is 270 Å². The van der Waals surface area contributed by atoms with Gasteiger partial charge in [0.1, 0.15) is 34.5 Å². The molecule has 6 heterocycles. The lowest BCUT2D eigenvalue weighted by Gasteiger charge is -2.22. The normalized spacial score (nSPS) is 10.8. The molecular formula is C93H111N9O6. The van der Waals surface area contributed by atoms with Gasteiger partial charge in [0, 0.05) is 18.6 Å². The topological polar surface area (TPSA) is 163 Å². The second-order valence-electron chi connectivity index (χ2n) is 21.0. The number of ether oxygens (including phenoxy) is 3. The summed E-state index contributed by atoms with van der Waals surface area (Å²) in [6, 6.07) is 84.2. The number of amides is 3. The Morgan fingerprint density at radius 1 is 0.269 bits per heavy atom. The van der Waals surface area contributed by atoms with Gasteiger partial charge in [-0.05, 0) is 138 Å². The lowest BCUT2D eigenvalue weighted by Crippen LogP contribution is -2.29. The molecule has 12 aromatic rings. The van der Waals surface area contributed by atoms with Crippen LogP contribution in [0.4, 0.5) is 51.4 Å². The van der Waals surface area contributed by atoms with Gasteiger partial charge in [0.2, 0.25) is 0 Å². The fourth-order valence-electron chi connectivity index (χ4n) is 10.6. The maximum atomic E-state index is 13.6. The van der Waals surface area contributed by atoms with Crippen LogP contribution in [0.2, 0.25) is 0 Å². The van der Waals surface area contributed by atoms with Crippen molar-refractivity contribution >= 4 is 69.2 Å². The van der Waals surface area contributed by atoms with Crippen LogP contribution in [-0.2, 0) is 19.6 Å². The number of carbonyl (C=O) groups excluding carboxylic acids is 3. The molecule has 0 radical (unpaired) electrons. The molecule has 0 bridgehead atoms. The average Bonchev–Trinajstić information content (AvgIpc) is 1.65. The molecule has 564 valence electrons. The van der Waals surface area contributed by atoms with E-state index >= 15 is 0 Å². The van der Waals surface area contributed by atoms with E-state index in [9.17, 15) is 14.4 Å². The van der Waals surface area contributed by atoms with Crippen molar-refractivity contribution in [3.8, 4) is 34.5 Å². The van der Waals surface area contributed by atoms with Gasteiger partial charge in [0.15, 0.2) is 11.6 Å². The number of aromatic nitrogens is 3. The number of nitrogens with zero attached hydrogens (tertiary/aromatic N) is 6. The molecule has 0 fully saturated rings. The highest BCUT2D eigenvalue weighted by Crippen LogP contribution is 2.41. The predicted molar refractivity (Wildman–Crippen MR) is 454 cm³/mol. The van der Waals surface area contributed by atoms with E-state index in [-0.39, 0.29) is 17.7 Å². The van der Waals surface area contributed by atoms with Crippen molar-refractivity contribution in [1.29, 1.82) is 0 Å². The zero-order valence-corrected chi connectivity index (χ0v) is 66.5. The SMILES string of the molecule is CC.CC.CC.CC.CC.CC.CC.CC.CC.O=C1c2cc(Oc3ccccc3)ccc2Nc2cnccc2N1Cc1ccccc1.O=C1c2cc(Oc3ccccc3)ccc2Nc2ncccc2N1Cc1ccccc1.O=C1c2cc(Oc3ccccc3)ccc2Nc2ncccc2N1Cc1ccccc1. The number of anilines is 9. The quantitative estimate of drug-likeness (QED) is 0.106. The Kier molecular flexibility index (Phi) is 40.9. The summed E-state index contributed by atoms with van der Waals surface area (Å²) in [5.74, 6) is 4.98. The van der Waals surface area contributed by atoms with Gasteiger partial charge >= 0.3 is 0 Å². The Bertz CT molecular complexity index is 4040. The lowest BCUT2D eigenvalue weighted by atomic mass is 10.1. The van der Waals surface area contributed by atoms with Gasteiger partial charge in [0.25, 0.3) is 17.7 Å². The van der Waals surface area contributed by atoms with Crippen LogP contribution in [-0.4, -0.2) is 32.7 Å². The monoisotopic (exact) mass is 1450 g/mol. The molecule has 3 aliphatic heterocycles. The molecule has 0 saturated carbocycles. The Labute approximate surface area is 643 Å². The van der Waals surface area contributed by atoms with Crippen LogP contribution in [0, 0.1) is 0 Å². The van der Waals surface area contributed by atoms with Crippen LogP contribution >= 0.6 is 0 Å². The third-order valence-electron chi connectivity index (χ3n) is 14.9. The summed E-state index contributed by atoms with van der Waals surface area (Å²) in [6.07, 6.45) is 6.87. The van der Waals surface area contributed by atoms with E-state index in [2.05, 4.69) is 30.9 Å². The van der Waals surface area contributed by atoms with Crippen LogP contribution in [0.15, 0.2) is 292 Å². The molecule has 0 saturated heterocycles. The molecule has 0 unspecified atom stereocenters. The van der Waals surface area contributed by atoms with E-state index in [1.807, 2.05) is 373 Å². The number of para-hydroxylation sites is 3. The molecule has 15 rings (SSSR count). The van der Waals surface area contributed by atoms with Crippen LogP contribution in [0.25, 0.3) is 0 Å². The maximum absolute atomic E-state index is 13.6. The van der Waals surface area contributed by atoms with Gasteiger partial charge < -0.3 is 44.9 Å². The highest BCUT2D eigenvalue weighted by Gasteiger charge is 2.31. The van der Waals surface area contributed by atoms with Crippen LogP contribution in [0.1, 0.15) is 172 Å². The summed E-state index contributed by atoms with van der Waals surface area (Å²) in [5, 5.41) is 9.98. The van der Waals surface area contributed by atoms with Crippen molar-refractivity contribution in [3.05, 3.63) is 325 Å². The molecular weight excluding hydrogens is 1340 g/mol. The minimum absolute atomic E-state index is 0.0928. The second-order valence-corrected chi connectivity index (χ2v) is 21.0. The summed E-state index contributed by atoms with van der Waals surface area (Å²) in [6.45, 7) is 37.4. The van der Waals surface area contributed by atoms with E-state index in [0.717, 1.165) is 62.4 Å². The molecule has 15 heteroatoms. The number of benzene rings is 9. The number of carbonyl (C=O) groups is 3. The molecule has 0 atom stereocenters. The summed E-state index contributed by atoms with van der Waals surface area (Å²) in [7, 11) is 0. The molecule has 3 aliphatic rings. The van der Waals surface area contributed by atoms with Crippen molar-refractivity contribution in [2.24, 2.45) is 0 Å². The van der Waals surface area contributed by atoms with Crippen LogP contribution in [0.5, 0.6) is 34.5 Å². The first kappa shape index (κ1) is 88.0. The lowest BCUT2D eigenvalue weighted by molar-refractivity contribution is 0.0978. The molecule has 9 aromatic carbocycles. The third kappa shape index (κ3) is 24.9. The van der Waals surface area contributed by atoms with Crippen molar-refractivity contribution in [3.63, 3.8) is 0 Å². The molecule has 3 aromatic heterocycles. The van der Waals surface area contributed by atoms with Gasteiger partial charge in [-0.25, -0.2) is 9.97 Å². The molecule has 108 heavy (non-hydrogen) atoms. The number of fused-ring (bicyclic) bond motifs is 6.